The van der Waals surface area contributed by atoms with Gasteiger partial charge >= 0.3 is 11.9 Å². The number of carboxylic acid groups (broad SMARTS) is 1. The molecule has 19 nitrogen and oxygen atoms in total. The molecular formula is C48H66N12O7Si. The minimum absolute atomic E-state index is 0.122. The SMILES string of the molecule is CC1(C)CCc2c(C(=O)Nc3cnn(C(CO)c4cccnc4)c3)n[nH]c2C1.CC1(C)CCc2c(C(=O)O)nn(COCC[Si](C)(C)C)c2C1.CCOC(=O)C(c1cccnc1)n1cc(N)cn1. The van der Waals surface area contributed by atoms with Crippen LogP contribution in [0.4, 0.5) is 11.4 Å². The van der Waals surface area contributed by atoms with Crippen LogP contribution in [-0.2, 0) is 46.7 Å². The number of aromatic amines is 1. The number of nitrogen functional groups attached to an aromatic ring is 1. The van der Waals surface area contributed by atoms with Gasteiger partial charge in [0.05, 0.1) is 37.0 Å². The van der Waals surface area contributed by atoms with Crippen molar-refractivity contribution in [3.63, 3.8) is 0 Å². The number of carboxylic acids is 1. The first-order valence-electron chi connectivity index (χ1n) is 23.0. The van der Waals surface area contributed by atoms with Crippen LogP contribution in [0.1, 0.15) is 114 Å². The maximum absolute atomic E-state index is 12.7. The van der Waals surface area contributed by atoms with Crippen molar-refractivity contribution in [2.24, 2.45) is 10.8 Å². The van der Waals surface area contributed by atoms with Crippen molar-refractivity contribution in [2.75, 3.05) is 30.9 Å². The smallest absolute Gasteiger partial charge is 0.356 e. The number of pyridine rings is 2. The summed E-state index contributed by atoms with van der Waals surface area (Å²) in [5.41, 5.74) is 13.3. The van der Waals surface area contributed by atoms with Crippen LogP contribution in [-0.4, -0.2) is 105 Å². The van der Waals surface area contributed by atoms with Crippen molar-refractivity contribution in [3.05, 3.63) is 119 Å². The van der Waals surface area contributed by atoms with Crippen molar-refractivity contribution in [3.8, 4) is 0 Å². The van der Waals surface area contributed by atoms with Crippen LogP contribution in [0.2, 0.25) is 25.7 Å². The number of hydrogen-bond donors (Lipinski definition) is 5. The molecule has 0 saturated heterocycles. The Morgan fingerprint density at radius 1 is 0.897 bits per heavy atom. The summed E-state index contributed by atoms with van der Waals surface area (Å²) in [6.07, 6.45) is 18.4. The first-order valence-corrected chi connectivity index (χ1v) is 26.7. The van der Waals surface area contributed by atoms with Crippen molar-refractivity contribution in [2.45, 2.75) is 118 Å². The number of aromatic nitrogens is 10. The summed E-state index contributed by atoms with van der Waals surface area (Å²) in [5.74, 6) is -1.57. The van der Waals surface area contributed by atoms with E-state index in [1.165, 1.54) is 10.9 Å². The number of hydrogen-bond acceptors (Lipinski definition) is 13. The van der Waals surface area contributed by atoms with Gasteiger partial charge < -0.3 is 30.7 Å². The number of ether oxygens (including phenoxy) is 2. The molecule has 0 radical (unpaired) electrons. The van der Waals surface area contributed by atoms with Gasteiger partial charge in [-0.05, 0) is 80.0 Å². The number of nitrogens with zero attached hydrogens (tertiary/aromatic N) is 9. The molecule has 8 rings (SSSR count). The highest BCUT2D eigenvalue weighted by Crippen LogP contribution is 2.37. The van der Waals surface area contributed by atoms with Gasteiger partial charge in [0.1, 0.15) is 12.8 Å². The zero-order valence-corrected chi connectivity index (χ0v) is 41.4. The molecule has 68 heavy (non-hydrogen) atoms. The number of aromatic carboxylic acids is 1. The molecule has 6 aromatic rings. The largest absolute Gasteiger partial charge is 0.476 e. The van der Waals surface area contributed by atoms with E-state index in [4.69, 9.17) is 15.2 Å². The van der Waals surface area contributed by atoms with Gasteiger partial charge in [-0.1, -0.05) is 59.5 Å². The second kappa shape index (κ2) is 22.1. The number of amides is 1. The third kappa shape index (κ3) is 13.3. The maximum Gasteiger partial charge on any atom is 0.356 e. The lowest BCUT2D eigenvalue weighted by molar-refractivity contribution is -0.146. The van der Waals surface area contributed by atoms with Crippen LogP contribution < -0.4 is 11.1 Å². The Balaban J connectivity index is 0.000000173. The average Bonchev–Trinajstić information content (AvgIpc) is 4.10. The fourth-order valence-corrected chi connectivity index (χ4v) is 8.93. The quantitative estimate of drug-likeness (QED) is 0.0405. The molecule has 2 unspecified atom stereocenters. The van der Waals surface area contributed by atoms with Gasteiger partial charge in [-0.2, -0.15) is 20.4 Å². The zero-order chi connectivity index (χ0) is 49.2. The summed E-state index contributed by atoms with van der Waals surface area (Å²) in [7, 11) is -1.11. The van der Waals surface area contributed by atoms with Crippen LogP contribution in [0.5, 0.6) is 0 Å². The number of carbonyl (C=O) groups is 3. The van der Waals surface area contributed by atoms with Crippen LogP contribution in [0.3, 0.4) is 0 Å². The highest BCUT2D eigenvalue weighted by molar-refractivity contribution is 6.76. The molecule has 0 fully saturated rings. The molecule has 0 aliphatic heterocycles. The zero-order valence-electron chi connectivity index (χ0n) is 40.4. The monoisotopic (exact) mass is 950 g/mol. The molecule has 364 valence electrons. The van der Waals surface area contributed by atoms with Crippen LogP contribution in [0.25, 0.3) is 0 Å². The molecule has 6 N–H and O–H groups in total. The van der Waals surface area contributed by atoms with Gasteiger partial charge in [0.2, 0.25) is 0 Å². The van der Waals surface area contributed by atoms with E-state index in [9.17, 15) is 24.6 Å². The molecule has 6 aromatic heterocycles. The molecule has 6 heterocycles. The van der Waals surface area contributed by atoms with Crippen LogP contribution in [0.15, 0.2) is 73.8 Å². The van der Waals surface area contributed by atoms with Gasteiger partial charge in [-0.15, -0.1) is 0 Å². The van der Waals surface area contributed by atoms with E-state index in [2.05, 4.69) is 88.1 Å². The molecule has 2 aliphatic carbocycles. The number of anilines is 2. The van der Waals surface area contributed by atoms with Crippen LogP contribution in [0, 0.1) is 10.8 Å². The summed E-state index contributed by atoms with van der Waals surface area (Å²) in [5, 5.41) is 41.9. The molecule has 0 aromatic carbocycles. The fourth-order valence-electron chi connectivity index (χ4n) is 8.17. The van der Waals surface area contributed by atoms with Crippen molar-refractivity contribution in [1.82, 2.24) is 49.5 Å². The van der Waals surface area contributed by atoms with Gasteiger partial charge in [-0.25, -0.2) is 14.3 Å². The van der Waals surface area contributed by atoms with Gasteiger partial charge in [-0.3, -0.25) is 29.2 Å². The Bertz CT molecular complexity index is 2610. The number of fused-ring (bicyclic) bond motifs is 2. The molecular weight excluding hydrogens is 885 g/mol. The standard InChI is InChI=1S/C20H24N6O2.C16H28N2O3Si.C12H14N4O2/c1-20(2)6-5-15-16(8-20)24-25-18(15)19(28)23-14-10-22-26(11-14)17(12-27)13-4-3-7-21-9-13;1-16(2)7-6-12-13(10-16)18(17-14(12)15(19)20)11-21-8-9-22(3,4)5;1-2-18-12(17)11(9-4-3-5-14-6-9)16-8-10(13)7-15-16/h3-4,7,9-11,17,27H,5-6,8,12H2,1-2H3,(H,23,28)(H,24,25);6-11H2,1-5H3,(H,19,20);3-8,11H,2,13H2,1H3. The Morgan fingerprint density at radius 2 is 1.56 bits per heavy atom. The molecule has 2 aliphatic rings. The first kappa shape index (κ1) is 50.9. The lowest BCUT2D eigenvalue weighted by Crippen LogP contribution is -2.25. The summed E-state index contributed by atoms with van der Waals surface area (Å²) in [6, 6.07) is 7.34. The lowest BCUT2D eigenvalue weighted by atomic mass is 9.76. The highest BCUT2D eigenvalue weighted by Gasteiger charge is 2.34. The fraction of sp³-hybridized carbons (Fsp3) is 0.479. The summed E-state index contributed by atoms with van der Waals surface area (Å²) in [4.78, 5) is 44.2. The number of nitrogens with two attached hydrogens (primary N) is 1. The van der Waals surface area contributed by atoms with E-state index in [0.717, 1.165) is 79.3 Å². The van der Waals surface area contributed by atoms with Gasteiger partial charge in [0, 0.05) is 79.9 Å². The third-order valence-corrected chi connectivity index (χ3v) is 13.7. The minimum Gasteiger partial charge on any atom is -0.476 e. The topological polar surface area (TPSA) is 256 Å². The normalized spacial score (nSPS) is 15.5. The lowest BCUT2D eigenvalue weighted by Gasteiger charge is -2.30. The third-order valence-electron chi connectivity index (χ3n) is 12.0. The predicted octanol–water partition coefficient (Wildman–Crippen LogP) is 6.77. The van der Waals surface area contributed by atoms with Crippen molar-refractivity contribution in [1.29, 1.82) is 0 Å². The predicted molar refractivity (Wildman–Crippen MR) is 259 cm³/mol. The second-order valence-electron chi connectivity index (χ2n) is 20.0. The van der Waals surface area contributed by atoms with Gasteiger partial charge in [0.25, 0.3) is 5.91 Å². The van der Waals surface area contributed by atoms with Crippen molar-refractivity contribution >= 4 is 37.3 Å². The Labute approximate surface area is 397 Å². The number of H-pyrrole nitrogens is 1. The van der Waals surface area contributed by atoms with E-state index in [1.807, 2.05) is 12.1 Å². The minimum atomic E-state index is -1.11. The van der Waals surface area contributed by atoms with E-state index in [0.29, 0.717) is 36.0 Å². The number of aliphatic hydroxyl groups excluding tert-OH is 1. The summed E-state index contributed by atoms with van der Waals surface area (Å²) < 4.78 is 15.7. The number of aliphatic hydroxyl groups is 1. The molecule has 0 saturated carbocycles. The number of nitrogens with one attached hydrogen (secondary N) is 2. The number of esters is 1. The van der Waals surface area contributed by atoms with Crippen LogP contribution >= 0.6 is 0 Å². The molecule has 1 amide bonds. The second-order valence-corrected chi connectivity index (χ2v) is 25.6. The summed E-state index contributed by atoms with van der Waals surface area (Å²) >= 11 is 0. The van der Waals surface area contributed by atoms with E-state index in [-0.39, 0.29) is 41.0 Å². The molecule has 0 spiro atoms. The van der Waals surface area contributed by atoms with E-state index < -0.39 is 20.1 Å². The Kier molecular flexibility index (Phi) is 16.5. The van der Waals surface area contributed by atoms with E-state index in [1.54, 1.807) is 71.8 Å². The highest BCUT2D eigenvalue weighted by atomic mass is 28.3. The molecule has 2 atom stereocenters. The van der Waals surface area contributed by atoms with Gasteiger partial charge in [0.15, 0.2) is 17.4 Å². The van der Waals surface area contributed by atoms with E-state index >= 15 is 0 Å². The Hall–Kier alpha value is -6.51. The molecule has 0 bridgehead atoms. The Morgan fingerprint density at radius 3 is 2.16 bits per heavy atom. The summed E-state index contributed by atoms with van der Waals surface area (Å²) in [6.45, 7) is 18.9. The molecule has 20 heteroatoms. The first-order chi connectivity index (χ1) is 32.3. The maximum atomic E-state index is 12.7. The van der Waals surface area contributed by atoms with Crippen molar-refractivity contribution < 1.29 is 34.1 Å². The number of carbonyl (C=O) groups excluding carboxylic acids is 2. The number of rotatable bonds is 15. The average molecular weight is 951 g/mol.